The van der Waals surface area contributed by atoms with E-state index in [0.717, 1.165) is 44.0 Å². The summed E-state index contributed by atoms with van der Waals surface area (Å²) in [5, 5.41) is 32.9. The summed E-state index contributed by atoms with van der Waals surface area (Å²) in [7, 11) is 5.12. The number of aryl methyl sites for hydroxylation is 2. The molecule has 2 aliphatic heterocycles. The minimum atomic E-state index is -2.26. The maximum atomic E-state index is 14.7. The van der Waals surface area contributed by atoms with Crippen LogP contribution in [0, 0.1) is 23.2 Å². The lowest BCUT2D eigenvalue weighted by Gasteiger charge is -2.40. The molecule has 2 fully saturated rings. The van der Waals surface area contributed by atoms with E-state index in [9.17, 15) is 34.2 Å². The summed E-state index contributed by atoms with van der Waals surface area (Å²) in [4.78, 5) is 71.0. The number of aliphatic hydroxyl groups is 1. The Hall–Kier alpha value is -5.84. The number of carbonyl (C=O) groups excluding carboxylic acids is 5. The summed E-state index contributed by atoms with van der Waals surface area (Å²) in [6.45, 7) is 15.9. The van der Waals surface area contributed by atoms with E-state index in [1.807, 2.05) is 64.7 Å². The zero-order chi connectivity index (χ0) is 48.7. The molecule has 6 atom stereocenters. The average Bonchev–Trinajstić information content (AvgIpc) is 4.01. The molecule has 6 bridgehead atoms. The third kappa shape index (κ3) is 9.79. The predicted octanol–water partition coefficient (Wildman–Crippen LogP) is 5.76. The van der Waals surface area contributed by atoms with E-state index < -0.39 is 46.9 Å². The van der Waals surface area contributed by atoms with Gasteiger partial charge in [0.15, 0.2) is 5.78 Å². The highest BCUT2D eigenvalue weighted by Crippen LogP contribution is 2.43. The Morgan fingerprint density at radius 3 is 2.52 bits per heavy atom. The second kappa shape index (κ2) is 19.4. The fraction of sp³-hybridized carbons (Fsp3) is 0.529. The van der Waals surface area contributed by atoms with Gasteiger partial charge >= 0.3 is 5.97 Å². The van der Waals surface area contributed by atoms with Gasteiger partial charge in [-0.15, -0.1) is 0 Å². The molecular formula is C51H67N7O9. The normalized spacial score (nSPS) is 23.1. The van der Waals surface area contributed by atoms with Crippen LogP contribution in [0.25, 0.3) is 33.3 Å². The van der Waals surface area contributed by atoms with Gasteiger partial charge in [0.05, 0.1) is 30.3 Å². The van der Waals surface area contributed by atoms with Crippen LogP contribution in [0.1, 0.15) is 96.6 Å². The number of esters is 1. The highest BCUT2D eigenvalue weighted by molar-refractivity contribution is 5.96. The van der Waals surface area contributed by atoms with Crippen LogP contribution in [0.15, 0.2) is 55.3 Å². The van der Waals surface area contributed by atoms with E-state index in [1.54, 1.807) is 26.3 Å². The van der Waals surface area contributed by atoms with Crippen molar-refractivity contribution in [1.82, 2.24) is 35.0 Å². The summed E-state index contributed by atoms with van der Waals surface area (Å²) in [5.74, 6) is -3.71. The minimum Gasteiger partial charge on any atom is -0.508 e. The number of amides is 3. The number of cyclic esters (lactones) is 1. The van der Waals surface area contributed by atoms with Gasteiger partial charge in [-0.05, 0) is 104 Å². The first-order valence-corrected chi connectivity index (χ1v) is 23.5. The van der Waals surface area contributed by atoms with Crippen LogP contribution < -0.4 is 10.7 Å². The van der Waals surface area contributed by atoms with Gasteiger partial charge in [-0.25, -0.2) is 4.79 Å². The van der Waals surface area contributed by atoms with Gasteiger partial charge in [0.1, 0.15) is 17.8 Å². The molecule has 1 aliphatic carbocycles. The number of phenolic OH excluding ortho intramolecular Hbond substituents is 1. The molecule has 2 aromatic heterocycles. The van der Waals surface area contributed by atoms with Crippen LogP contribution >= 0.6 is 0 Å². The van der Waals surface area contributed by atoms with Crippen LogP contribution in [0.4, 0.5) is 0 Å². The van der Waals surface area contributed by atoms with Gasteiger partial charge in [0.2, 0.25) is 17.5 Å². The minimum absolute atomic E-state index is 0.0376. The molecule has 2 aromatic carbocycles. The number of hydrazine groups is 1. The maximum Gasteiger partial charge on any atom is 0.355 e. The summed E-state index contributed by atoms with van der Waals surface area (Å²) in [6.07, 6.45) is 4.84. The number of phenols is 1. The van der Waals surface area contributed by atoms with E-state index >= 15 is 0 Å². The monoisotopic (exact) mass is 922 g/mol. The molecule has 4 aromatic rings. The molecule has 0 radical (unpaired) electrons. The van der Waals surface area contributed by atoms with Crippen LogP contribution in [0.5, 0.6) is 5.75 Å². The molecule has 3 aliphatic rings. The number of rotatable bonds is 11. The summed E-state index contributed by atoms with van der Waals surface area (Å²) < 4.78 is 15.9. The smallest absolute Gasteiger partial charge is 0.355 e. The number of nitrogens with zero attached hydrogens (tertiary/aromatic N) is 5. The number of hydrogen-bond donors (Lipinski definition) is 4. The number of likely N-dealkylation sites (N-methyl/N-ethyl adjacent to an activating group) is 1. The number of ketones is 1. The van der Waals surface area contributed by atoms with Crippen molar-refractivity contribution in [2.24, 2.45) is 30.2 Å². The lowest BCUT2D eigenvalue weighted by molar-refractivity contribution is -0.189. The maximum absolute atomic E-state index is 14.7. The van der Waals surface area contributed by atoms with E-state index in [1.165, 1.54) is 11.0 Å². The van der Waals surface area contributed by atoms with Crippen molar-refractivity contribution in [3.05, 3.63) is 72.1 Å². The largest absolute Gasteiger partial charge is 0.508 e. The fourth-order valence-corrected chi connectivity index (χ4v) is 10.5. The number of methoxy groups -OCH3 is 1. The third-order valence-corrected chi connectivity index (χ3v) is 14.0. The van der Waals surface area contributed by atoms with Crippen molar-refractivity contribution >= 4 is 40.4 Å². The second-order valence-corrected chi connectivity index (χ2v) is 19.8. The Labute approximate surface area is 392 Å². The quantitative estimate of drug-likeness (QED) is 0.105. The Kier molecular flexibility index (Phi) is 14.2. The molecule has 7 rings (SSSR count). The molecular weight excluding hydrogens is 855 g/mol. The second-order valence-electron chi connectivity index (χ2n) is 19.8. The summed E-state index contributed by atoms with van der Waals surface area (Å²) in [5.41, 5.74) is 6.53. The highest BCUT2D eigenvalue weighted by Gasteiger charge is 2.46. The highest BCUT2D eigenvalue weighted by atomic mass is 16.6. The molecule has 1 unspecified atom stereocenters. The van der Waals surface area contributed by atoms with Crippen molar-refractivity contribution < 1.29 is 43.7 Å². The molecule has 4 heterocycles. The first-order valence-electron chi connectivity index (χ1n) is 23.5. The Bertz CT molecular complexity index is 2580. The average molecular weight is 922 g/mol. The predicted molar refractivity (Wildman–Crippen MR) is 253 cm³/mol. The molecule has 0 spiro atoms. The molecule has 16 heteroatoms. The molecule has 67 heavy (non-hydrogen) atoms. The van der Waals surface area contributed by atoms with Crippen molar-refractivity contribution in [2.75, 3.05) is 27.3 Å². The number of carbonyl (C=O) groups is 5. The number of ether oxygens (including phenoxy) is 2. The third-order valence-electron chi connectivity index (χ3n) is 14.0. The van der Waals surface area contributed by atoms with Crippen molar-refractivity contribution in [3.8, 4) is 28.1 Å². The van der Waals surface area contributed by atoms with Crippen molar-refractivity contribution in [3.63, 3.8) is 0 Å². The molecule has 1 saturated carbocycles. The van der Waals surface area contributed by atoms with Gasteiger partial charge in [0.25, 0.3) is 5.91 Å². The van der Waals surface area contributed by atoms with Crippen molar-refractivity contribution in [2.45, 2.75) is 117 Å². The standard InChI is InChI=1S/C51H67N7O9/c1-11-42(60)33-14-15-34(23-33)47(62)55(8)43(29(3)4)46(61)53-40-22-31-20-35(24-36(59)21-31)32-16-17-41-37(25-32)38(45(57(41)12-2)39-27-52-56(9)44(39)30(5)66-10)26-50(6,7)28-67-49(64)51(65)18-13-19-58(54-51)48(40)63/h11,16-17,20-21,24-25,27,29-30,33-34,40,43,54,59,65H,1,12-15,18-19,22-23,26,28H2,2-10H3,(H,53,61)/t30-,33?,34-,40-,43-,51-/m0/s1. The fourth-order valence-electron chi connectivity index (χ4n) is 10.5. The first-order chi connectivity index (χ1) is 31.7. The number of aromatic nitrogens is 3. The number of nitrogens with one attached hydrogen (secondary N) is 2. The molecule has 3 amide bonds. The molecule has 1 saturated heterocycles. The Morgan fingerprint density at radius 2 is 1.84 bits per heavy atom. The van der Waals surface area contributed by atoms with E-state index in [0.29, 0.717) is 43.4 Å². The van der Waals surface area contributed by atoms with E-state index in [2.05, 4.69) is 46.0 Å². The number of aromatic hydroxyl groups is 1. The summed E-state index contributed by atoms with van der Waals surface area (Å²) >= 11 is 0. The molecule has 4 N–H and O–H groups in total. The topological polar surface area (TPSA) is 198 Å². The van der Waals surface area contributed by atoms with Crippen LogP contribution in [0.2, 0.25) is 0 Å². The van der Waals surface area contributed by atoms with Crippen LogP contribution in [0.3, 0.4) is 0 Å². The summed E-state index contributed by atoms with van der Waals surface area (Å²) in [6, 6.07) is 8.96. The molecule has 360 valence electrons. The van der Waals surface area contributed by atoms with Gasteiger partial charge in [0, 0.05) is 80.9 Å². The van der Waals surface area contributed by atoms with Crippen molar-refractivity contribution in [1.29, 1.82) is 0 Å². The Balaban J connectivity index is 1.33. The Morgan fingerprint density at radius 1 is 1.10 bits per heavy atom. The zero-order valence-corrected chi connectivity index (χ0v) is 40.3. The van der Waals surface area contributed by atoms with Gasteiger partial charge in [-0.1, -0.05) is 46.4 Å². The van der Waals surface area contributed by atoms with Crippen LogP contribution in [-0.4, -0.2) is 109 Å². The molecule has 16 nitrogen and oxygen atoms in total. The zero-order valence-electron chi connectivity index (χ0n) is 40.3. The van der Waals surface area contributed by atoms with Crippen LogP contribution in [-0.2, 0) is 59.9 Å². The van der Waals surface area contributed by atoms with Gasteiger partial charge in [-0.2, -0.15) is 10.5 Å². The van der Waals surface area contributed by atoms with E-state index in [-0.39, 0.29) is 67.8 Å². The first kappa shape index (κ1) is 49.1. The lowest BCUT2D eigenvalue weighted by atomic mass is 9.84. The SMILES string of the molecule is C=CC(=O)C1CC[C@H](C(=O)N(C)[C@H](C(=O)N[C@H]2Cc3cc(O)cc(c3)-c3ccc4c(c3)c(c(-c3cnn(C)c3[C@H](C)OC)n4CC)CC(C)(C)COC(=O)[C@@]3(O)CCCN(N3)C2=O)C(C)C)C1. The van der Waals surface area contributed by atoms with E-state index in [4.69, 9.17) is 9.47 Å². The number of hydrogen-bond acceptors (Lipinski definition) is 11. The van der Waals surface area contributed by atoms with Gasteiger partial charge in [-0.3, -0.25) is 28.9 Å². The lowest BCUT2D eigenvalue weighted by Crippen LogP contribution is -2.67. The van der Waals surface area contributed by atoms with Gasteiger partial charge < -0.3 is 34.5 Å². The number of allylic oxidation sites excluding steroid dienone is 1. The number of fused-ring (bicyclic) bond motifs is 6. The number of benzene rings is 2.